The van der Waals surface area contributed by atoms with Gasteiger partial charge >= 0.3 is 5.63 Å². The third kappa shape index (κ3) is 3.28. The van der Waals surface area contributed by atoms with Crippen LogP contribution in [0.3, 0.4) is 0 Å². The molecule has 0 saturated carbocycles. The van der Waals surface area contributed by atoms with Crippen LogP contribution in [0.4, 0.5) is 4.39 Å². The lowest BCUT2D eigenvalue weighted by Crippen LogP contribution is -2.22. The molecule has 9 heteroatoms. The molecule has 1 unspecified atom stereocenters. The summed E-state index contributed by atoms with van der Waals surface area (Å²) in [4.78, 5) is 22.7. The summed E-state index contributed by atoms with van der Waals surface area (Å²) >= 11 is 0. The van der Waals surface area contributed by atoms with Crippen molar-refractivity contribution in [1.82, 2.24) is 19.6 Å². The fourth-order valence-corrected chi connectivity index (χ4v) is 4.78. The summed E-state index contributed by atoms with van der Waals surface area (Å²) in [5, 5.41) is 5.21. The van der Waals surface area contributed by atoms with Crippen LogP contribution in [0.1, 0.15) is 22.6 Å². The number of halogens is 1. The molecule has 7 rings (SSSR count). The lowest BCUT2D eigenvalue weighted by atomic mass is 9.84. The fourth-order valence-electron chi connectivity index (χ4n) is 4.78. The number of hydrogen-bond acceptors (Lipinski definition) is 7. The second-order valence-corrected chi connectivity index (χ2v) is 8.61. The minimum absolute atomic E-state index is 0.314. The first-order chi connectivity index (χ1) is 18.1. The van der Waals surface area contributed by atoms with E-state index in [4.69, 9.17) is 18.9 Å². The van der Waals surface area contributed by atoms with Crippen molar-refractivity contribution in [3.05, 3.63) is 112 Å². The van der Waals surface area contributed by atoms with Crippen molar-refractivity contribution in [1.29, 1.82) is 0 Å². The van der Waals surface area contributed by atoms with E-state index in [1.165, 1.54) is 23.0 Å². The lowest BCUT2D eigenvalue weighted by molar-refractivity contribution is 0.414. The Balaban J connectivity index is 1.52. The quantitative estimate of drug-likeness (QED) is 0.308. The van der Waals surface area contributed by atoms with E-state index in [0.717, 1.165) is 5.56 Å². The zero-order valence-corrected chi connectivity index (χ0v) is 19.4. The SMILES string of the molecule is COc1ccc(C2c3c(c4ccccc4oc3=O)Oc3ncn4nc(-c5ccc(F)cc5)nc4c32)cc1. The van der Waals surface area contributed by atoms with E-state index in [2.05, 4.69) is 10.1 Å². The number of rotatable bonds is 3. The van der Waals surface area contributed by atoms with E-state index in [1.807, 2.05) is 36.4 Å². The molecule has 0 fully saturated rings. The van der Waals surface area contributed by atoms with E-state index in [1.54, 1.807) is 31.4 Å². The van der Waals surface area contributed by atoms with Crippen LogP contribution in [0.5, 0.6) is 17.4 Å². The topological polar surface area (TPSA) is 91.8 Å². The van der Waals surface area contributed by atoms with Gasteiger partial charge in [0, 0.05) is 5.56 Å². The van der Waals surface area contributed by atoms with Gasteiger partial charge in [0.15, 0.2) is 17.2 Å². The highest BCUT2D eigenvalue weighted by Gasteiger charge is 2.37. The van der Waals surface area contributed by atoms with Crippen LogP contribution >= 0.6 is 0 Å². The highest BCUT2D eigenvalue weighted by molar-refractivity contribution is 5.87. The largest absolute Gasteiger partial charge is 0.497 e. The zero-order valence-electron chi connectivity index (χ0n) is 19.4. The standard InChI is InChI=1S/C28H17FN4O4/c1-35-18-12-8-15(9-13-18)21-22-24(19-4-2-3-5-20(19)36-28(22)34)37-27-23(21)26-31-25(32-33(26)14-30-27)16-6-10-17(29)11-7-16/h2-14,21H,1H3. The van der Waals surface area contributed by atoms with Crippen LogP contribution in [0.25, 0.3) is 28.0 Å². The van der Waals surface area contributed by atoms with E-state index >= 15 is 0 Å². The first kappa shape index (κ1) is 21.3. The number of hydrogen-bond donors (Lipinski definition) is 0. The molecule has 37 heavy (non-hydrogen) atoms. The Hall–Kier alpha value is -5.05. The molecule has 3 aromatic heterocycles. The van der Waals surface area contributed by atoms with Crippen molar-refractivity contribution < 1.29 is 18.3 Å². The van der Waals surface area contributed by atoms with Gasteiger partial charge in [0.05, 0.1) is 29.5 Å². The maximum atomic E-state index is 13.5. The van der Waals surface area contributed by atoms with Crippen molar-refractivity contribution in [2.45, 2.75) is 5.92 Å². The maximum Gasteiger partial charge on any atom is 0.344 e. The second-order valence-electron chi connectivity index (χ2n) is 8.61. The predicted molar refractivity (Wildman–Crippen MR) is 133 cm³/mol. The molecule has 0 spiro atoms. The van der Waals surface area contributed by atoms with Gasteiger partial charge in [0.25, 0.3) is 0 Å². The Morgan fingerprint density at radius 2 is 1.76 bits per heavy atom. The molecule has 0 radical (unpaired) electrons. The molecule has 0 bridgehead atoms. The molecule has 6 aromatic rings. The number of ether oxygens (including phenoxy) is 2. The van der Waals surface area contributed by atoms with Crippen LogP contribution < -0.4 is 15.1 Å². The van der Waals surface area contributed by atoms with Gasteiger partial charge in [-0.2, -0.15) is 0 Å². The number of benzene rings is 3. The molecule has 0 aliphatic carbocycles. The minimum atomic E-state index is -0.605. The third-order valence-corrected chi connectivity index (χ3v) is 6.51. The van der Waals surface area contributed by atoms with Crippen molar-refractivity contribution in [3.63, 3.8) is 0 Å². The molecule has 1 aliphatic heterocycles. The van der Waals surface area contributed by atoms with Crippen molar-refractivity contribution >= 4 is 16.6 Å². The van der Waals surface area contributed by atoms with Gasteiger partial charge in [0.1, 0.15) is 23.5 Å². The second kappa shape index (κ2) is 7.99. The van der Waals surface area contributed by atoms with E-state index in [9.17, 15) is 9.18 Å². The monoisotopic (exact) mass is 492 g/mol. The highest BCUT2D eigenvalue weighted by atomic mass is 19.1. The summed E-state index contributed by atoms with van der Waals surface area (Å²) in [5.74, 6) is 0.825. The molecule has 8 nitrogen and oxygen atoms in total. The van der Waals surface area contributed by atoms with Crippen LogP contribution in [-0.4, -0.2) is 26.7 Å². The van der Waals surface area contributed by atoms with Gasteiger partial charge in [-0.1, -0.05) is 24.3 Å². The van der Waals surface area contributed by atoms with Gasteiger partial charge in [0.2, 0.25) is 5.88 Å². The van der Waals surface area contributed by atoms with Gasteiger partial charge in [-0.3, -0.25) is 0 Å². The van der Waals surface area contributed by atoms with Crippen molar-refractivity contribution in [2.24, 2.45) is 0 Å². The average molecular weight is 492 g/mol. The van der Waals surface area contributed by atoms with Crippen molar-refractivity contribution in [2.75, 3.05) is 7.11 Å². The normalized spacial score (nSPS) is 14.3. The molecule has 4 heterocycles. The van der Waals surface area contributed by atoms with Crippen molar-refractivity contribution in [3.8, 4) is 28.8 Å². The summed E-state index contributed by atoms with van der Waals surface area (Å²) in [6.45, 7) is 0. The van der Waals surface area contributed by atoms with Gasteiger partial charge in [-0.15, -0.1) is 5.10 Å². The maximum absolute atomic E-state index is 13.5. The summed E-state index contributed by atoms with van der Waals surface area (Å²) in [5.41, 5.74) is 2.73. The Morgan fingerprint density at radius 1 is 0.973 bits per heavy atom. The average Bonchev–Trinajstić information content (AvgIpc) is 3.37. The van der Waals surface area contributed by atoms with Gasteiger partial charge in [-0.05, 0) is 54.1 Å². The summed E-state index contributed by atoms with van der Waals surface area (Å²) in [7, 11) is 1.59. The van der Waals surface area contributed by atoms with Gasteiger partial charge < -0.3 is 13.9 Å². The smallest absolute Gasteiger partial charge is 0.344 e. The third-order valence-electron chi connectivity index (χ3n) is 6.51. The molecule has 3 aromatic carbocycles. The first-order valence-electron chi connectivity index (χ1n) is 11.5. The Labute approximate surface area is 208 Å². The molecule has 1 aliphatic rings. The molecular formula is C28H17FN4O4. The summed E-state index contributed by atoms with van der Waals surface area (Å²) in [6, 6.07) is 20.6. The van der Waals surface area contributed by atoms with Crippen LogP contribution in [0.2, 0.25) is 0 Å². The number of para-hydroxylation sites is 1. The predicted octanol–water partition coefficient (Wildman–Crippen LogP) is 5.33. The molecule has 0 saturated heterocycles. The van der Waals surface area contributed by atoms with Crippen LogP contribution in [0, 0.1) is 5.82 Å². The highest BCUT2D eigenvalue weighted by Crippen LogP contribution is 2.48. The van der Waals surface area contributed by atoms with E-state index in [0.29, 0.717) is 56.5 Å². The minimum Gasteiger partial charge on any atom is -0.497 e. The van der Waals surface area contributed by atoms with E-state index < -0.39 is 11.5 Å². The van der Waals surface area contributed by atoms with Gasteiger partial charge in [-0.25, -0.2) is 23.7 Å². The molecular weight excluding hydrogens is 475 g/mol. The zero-order chi connectivity index (χ0) is 25.1. The number of aromatic nitrogens is 4. The number of methoxy groups -OCH3 is 1. The molecule has 180 valence electrons. The molecule has 1 atom stereocenters. The molecule has 0 amide bonds. The lowest BCUT2D eigenvalue weighted by Gasteiger charge is -2.27. The summed E-state index contributed by atoms with van der Waals surface area (Å²) in [6.07, 6.45) is 1.51. The fraction of sp³-hybridized carbons (Fsp3) is 0.0714. The summed E-state index contributed by atoms with van der Waals surface area (Å²) < 4.78 is 32.4. The Bertz CT molecular complexity index is 1880. The van der Waals surface area contributed by atoms with Crippen LogP contribution in [-0.2, 0) is 0 Å². The Kier molecular flexibility index (Phi) is 4.59. The van der Waals surface area contributed by atoms with Crippen LogP contribution in [0.15, 0.2) is 88.3 Å². The Morgan fingerprint density at radius 3 is 2.54 bits per heavy atom. The molecule has 0 N–H and O–H groups in total. The number of fused-ring (bicyclic) bond motifs is 6. The first-order valence-corrected chi connectivity index (χ1v) is 11.5. The number of nitrogens with zero attached hydrogens (tertiary/aromatic N) is 4. The van der Waals surface area contributed by atoms with E-state index in [-0.39, 0.29) is 5.82 Å².